The molecule has 2 atom stereocenters. The normalized spacial score (nSPS) is 21.8. The third kappa shape index (κ3) is 6.32. The van der Waals surface area contributed by atoms with Crippen molar-refractivity contribution in [1.82, 2.24) is 0 Å². The van der Waals surface area contributed by atoms with Crippen LogP contribution >= 0.6 is 0 Å². The average Bonchev–Trinajstić information content (AvgIpc) is 3.21. The van der Waals surface area contributed by atoms with Gasteiger partial charge >= 0.3 is 0 Å². The van der Waals surface area contributed by atoms with Crippen molar-refractivity contribution in [2.45, 2.75) is 63.8 Å². The molecule has 3 nitrogen and oxygen atoms in total. The zero-order chi connectivity index (χ0) is 13.3. The summed E-state index contributed by atoms with van der Waals surface area (Å²) in [6.45, 7) is 7.09. The van der Waals surface area contributed by atoms with Gasteiger partial charge in [-0.05, 0) is 24.6 Å². The molecule has 1 aliphatic heterocycles. The van der Waals surface area contributed by atoms with Crippen molar-refractivity contribution in [3.8, 4) is 0 Å². The minimum Gasteiger partial charge on any atom is -0.420 e. The van der Waals surface area contributed by atoms with Gasteiger partial charge in [0, 0.05) is 13.7 Å². The molecule has 0 saturated carbocycles. The number of hydrogen-bond acceptors (Lipinski definition) is 3. The fraction of sp³-hybridized carbons (Fsp3) is 1.00. The van der Waals surface area contributed by atoms with Crippen molar-refractivity contribution in [2.24, 2.45) is 0 Å². The molecule has 0 bridgehead atoms. The third-order valence-corrected chi connectivity index (χ3v) is 8.62. The van der Waals surface area contributed by atoms with E-state index < -0.39 is 8.32 Å². The number of hydrogen-bond donors (Lipinski definition) is 0. The highest BCUT2D eigenvalue weighted by Crippen LogP contribution is 2.26. The monoisotopic (exact) mass is 274 g/mol. The first-order chi connectivity index (χ1) is 8.76. The highest BCUT2D eigenvalue weighted by atomic mass is 28.4. The Morgan fingerprint density at radius 3 is 2.44 bits per heavy atom. The minimum absolute atomic E-state index is 0.394. The largest absolute Gasteiger partial charge is 0.420 e. The van der Waals surface area contributed by atoms with Crippen molar-refractivity contribution in [1.29, 1.82) is 0 Å². The van der Waals surface area contributed by atoms with E-state index in [2.05, 4.69) is 13.8 Å². The molecule has 0 spiro atoms. The van der Waals surface area contributed by atoms with Gasteiger partial charge in [-0.3, -0.25) is 0 Å². The molecule has 1 heterocycles. The van der Waals surface area contributed by atoms with Gasteiger partial charge in [-0.1, -0.05) is 33.1 Å². The van der Waals surface area contributed by atoms with Gasteiger partial charge < -0.3 is 13.9 Å². The molecule has 0 aromatic carbocycles. The topological polar surface area (TPSA) is 31.0 Å². The van der Waals surface area contributed by atoms with Crippen molar-refractivity contribution in [3.63, 3.8) is 0 Å². The van der Waals surface area contributed by atoms with Gasteiger partial charge in [-0.15, -0.1) is 0 Å². The van der Waals surface area contributed by atoms with Crippen LogP contribution in [0, 0.1) is 0 Å². The van der Waals surface area contributed by atoms with Crippen LogP contribution < -0.4 is 0 Å². The molecule has 0 aliphatic carbocycles. The molecule has 1 saturated heterocycles. The summed E-state index contributed by atoms with van der Waals surface area (Å²) in [5, 5.41) is 0. The molecular weight excluding hydrogens is 244 g/mol. The van der Waals surface area contributed by atoms with E-state index in [1.165, 1.54) is 37.4 Å². The van der Waals surface area contributed by atoms with Gasteiger partial charge in [0.25, 0.3) is 0 Å². The van der Waals surface area contributed by atoms with Gasteiger partial charge in [0.2, 0.25) is 0 Å². The van der Waals surface area contributed by atoms with Gasteiger partial charge in [-0.25, -0.2) is 0 Å². The van der Waals surface area contributed by atoms with Crippen LogP contribution in [0.15, 0.2) is 0 Å². The molecule has 18 heavy (non-hydrogen) atoms. The zero-order valence-corrected chi connectivity index (χ0v) is 13.4. The fourth-order valence-electron chi connectivity index (χ4n) is 2.40. The molecule has 0 radical (unpaired) electrons. The summed E-state index contributed by atoms with van der Waals surface area (Å²) in [6.07, 6.45) is 5.51. The second-order valence-electron chi connectivity index (χ2n) is 5.33. The van der Waals surface area contributed by atoms with Crippen LogP contribution in [-0.4, -0.2) is 41.4 Å². The highest BCUT2D eigenvalue weighted by molar-refractivity contribution is 6.73. The Morgan fingerprint density at radius 1 is 1.17 bits per heavy atom. The zero-order valence-electron chi connectivity index (χ0n) is 12.4. The maximum atomic E-state index is 5.93. The fourth-order valence-corrected chi connectivity index (χ4v) is 5.74. The molecule has 0 N–H and O–H groups in total. The van der Waals surface area contributed by atoms with Crippen LogP contribution in [0.4, 0.5) is 0 Å². The first-order valence-corrected chi connectivity index (χ1v) is 10.0. The molecule has 1 aliphatic rings. The Balaban J connectivity index is 2.13. The Hall–Kier alpha value is 0.0969. The average molecular weight is 274 g/mol. The standard InChI is InChI=1S/C14H30O3Si/c1-4-6-7-10-18(5-2,15-3)11-8-9-16-12-14-13-17-14/h14H,4-13H2,1-3H3. The number of unbranched alkanes of at least 4 members (excludes halogenated alkanes) is 2. The summed E-state index contributed by atoms with van der Waals surface area (Å²) in [7, 11) is 0.464. The molecule has 108 valence electrons. The van der Waals surface area contributed by atoms with Crippen LogP contribution in [0.1, 0.15) is 39.5 Å². The van der Waals surface area contributed by atoms with E-state index in [1.807, 2.05) is 7.11 Å². The molecule has 0 aromatic heterocycles. The molecular formula is C14H30O3Si. The van der Waals surface area contributed by atoms with Crippen molar-refractivity contribution in [3.05, 3.63) is 0 Å². The van der Waals surface area contributed by atoms with Crippen LogP contribution in [-0.2, 0) is 13.9 Å². The van der Waals surface area contributed by atoms with E-state index in [4.69, 9.17) is 13.9 Å². The summed E-state index contributed by atoms with van der Waals surface area (Å²) in [5.41, 5.74) is 0. The summed E-state index contributed by atoms with van der Waals surface area (Å²) in [6, 6.07) is 3.80. The number of ether oxygens (including phenoxy) is 2. The Bertz CT molecular complexity index is 203. The lowest BCUT2D eigenvalue weighted by Crippen LogP contribution is -2.36. The SMILES string of the molecule is CCCCC[Si](CC)(CCCOCC1CO1)OC. The Labute approximate surface area is 113 Å². The Kier molecular flexibility index (Phi) is 8.14. The summed E-state index contributed by atoms with van der Waals surface area (Å²) in [5.74, 6) is 0. The van der Waals surface area contributed by atoms with Gasteiger partial charge in [0.15, 0.2) is 8.32 Å². The lowest BCUT2D eigenvalue weighted by molar-refractivity contribution is 0.116. The van der Waals surface area contributed by atoms with Crippen LogP contribution in [0.25, 0.3) is 0 Å². The molecule has 0 aromatic rings. The maximum Gasteiger partial charge on any atom is 0.192 e. The van der Waals surface area contributed by atoms with E-state index in [9.17, 15) is 0 Å². The van der Waals surface area contributed by atoms with Gasteiger partial charge in [0.05, 0.1) is 13.2 Å². The van der Waals surface area contributed by atoms with Crippen molar-refractivity contribution in [2.75, 3.05) is 26.9 Å². The first kappa shape index (κ1) is 16.2. The van der Waals surface area contributed by atoms with Crippen molar-refractivity contribution >= 4 is 8.32 Å². The summed E-state index contributed by atoms with van der Waals surface area (Å²) < 4.78 is 16.7. The highest BCUT2D eigenvalue weighted by Gasteiger charge is 2.30. The molecule has 2 unspecified atom stereocenters. The van der Waals surface area contributed by atoms with Crippen molar-refractivity contribution < 1.29 is 13.9 Å². The molecule has 1 fully saturated rings. The predicted octanol–water partition coefficient (Wildman–Crippen LogP) is 3.59. The quantitative estimate of drug-likeness (QED) is 0.309. The lowest BCUT2D eigenvalue weighted by Gasteiger charge is -2.28. The minimum atomic E-state index is -1.45. The second-order valence-corrected chi connectivity index (χ2v) is 9.81. The summed E-state index contributed by atoms with van der Waals surface area (Å²) >= 11 is 0. The molecule has 0 amide bonds. The van der Waals surface area contributed by atoms with Gasteiger partial charge in [0.1, 0.15) is 6.10 Å². The van der Waals surface area contributed by atoms with Crippen LogP contribution in [0.5, 0.6) is 0 Å². The summed E-state index contributed by atoms with van der Waals surface area (Å²) in [4.78, 5) is 0. The van der Waals surface area contributed by atoms with E-state index in [-0.39, 0.29) is 0 Å². The Morgan fingerprint density at radius 2 is 1.89 bits per heavy atom. The smallest absolute Gasteiger partial charge is 0.192 e. The molecule has 4 heteroatoms. The number of epoxide rings is 1. The third-order valence-electron chi connectivity index (χ3n) is 3.94. The maximum absolute atomic E-state index is 5.93. The predicted molar refractivity (Wildman–Crippen MR) is 77.6 cm³/mol. The number of rotatable bonds is 12. The second kappa shape index (κ2) is 9.07. The lowest BCUT2D eigenvalue weighted by atomic mass is 10.3. The van der Waals surface area contributed by atoms with Gasteiger partial charge in [-0.2, -0.15) is 0 Å². The van der Waals surface area contributed by atoms with E-state index in [1.54, 1.807) is 0 Å². The first-order valence-electron chi connectivity index (χ1n) is 7.51. The molecule has 1 rings (SSSR count). The van der Waals surface area contributed by atoms with E-state index in [0.717, 1.165) is 26.2 Å². The van der Waals surface area contributed by atoms with Crippen LogP contribution in [0.2, 0.25) is 18.1 Å². The van der Waals surface area contributed by atoms with E-state index in [0.29, 0.717) is 6.10 Å². The van der Waals surface area contributed by atoms with Crippen LogP contribution in [0.3, 0.4) is 0 Å². The van der Waals surface area contributed by atoms with E-state index >= 15 is 0 Å².